The minimum atomic E-state index is -3.94. The van der Waals surface area contributed by atoms with Crippen LogP contribution in [-0.2, 0) is 6.42 Å². The number of benzene rings is 1. The molecule has 4 rings (SSSR count). The molecule has 3 aliphatic rings. The van der Waals surface area contributed by atoms with Crippen molar-refractivity contribution in [2.24, 2.45) is 23.2 Å². The van der Waals surface area contributed by atoms with Crippen molar-refractivity contribution in [1.82, 2.24) is 0 Å². The standard InChI is InChI=1S/C33H50F4O2S.CH4/c1-31-18-16-27-26-13-12-25(38)22-24(26)21-23(30(27)28(31)14-15-29(31)39)11-8-6-4-3-5-7-9-19-40-20-10-17-33(36,37)32(2,34)35;/h12-13,22-23,27-30,38-39H,3-11,14-21H2,1-2H3;1H4/t23-,27?,28?,29?,30?,31?;/m1./s1. The molecule has 1 aromatic rings. The van der Waals surface area contributed by atoms with Crippen LogP contribution in [0.4, 0.5) is 17.6 Å². The fraction of sp³-hybridized carbons (Fsp3) is 0.824. The summed E-state index contributed by atoms with van der Waals surface area (Å²) in [6, 6.07) is 6.01. The number of aliphatic hydroxyl groups excluding tert-OH is 1. The predicted molar refractivity (Wildman–Crippen MR) is 163 cm³/mol. The zero-order chi connectivity index (χ0) is 29.0. The zero-order valence-corrected chi connectivity index (χ0v) is 25.3. The molecule has 0 aliphatic heterocycles. The third kappa shape index (κ3) is 8.16. The Balaban J connectivity index is 0.00000462. The molecular weight excluding hydrogens is 548 g/mol. The summed E-state index contributed by atoms with van der Waals surface area (Å²) >= 11 is 1.59. The minimum absolute atomic E-state index is 0. The Labute approximate surface area is 250 Å². The number of alkyl halides is 4. The molecule has 236 valence electrons. The van der Waals surface area contributed by atoms with Crippen LogP contribution in [0.5, 0.6) is 5.75 Å². The molecule has 0 amide bonds. The van der Waals surface area contributed by atoms with Crippen LogP contribution in [-0.4, -0.2) is 39.7 Å². The summed E-state index contributed by atoms with van der Waals surface area (Å²) in [5.41, 5.74) is 2.84. The summed E-state index contributed by atoms with van der Waals surface area (Å²) in [5.74, 6) is -3.66. The lowest BCUT2D eigenvalue weighted by molar-refractivity contribution is -0.200. The smallest absolute Gasteiger partial charge is 0.309 e. The lowest BCUT2D eigenvalue weighted by Crippen LogP contribution is -2.47. The Morgan fingerprint density at radius 1 is 0.927 bits per heavy atom. The van der Waals surface area contributed by atoms with Gasteiger partial charge in [-0.3, -0.25) is 0 Å². The average molecular weight is 603 g/mol. The van der Waals surface area contributed by atoms with E-state index in [0.717, 1.165) is 50.7 Å². The molecule has 2 saturated carbocycles. The fourth-order valence-electron chi connectivity index (χ4n) is 8.24. The van der Waals surface area contributed by atoms with E-state index in [9.17, 15) is 27.8 Å². The third-order valence-electron chi connectivity index (χ3n) is 10.6. The van der Waals surface area contributed by atoms with Crippen molar-refractivity contribution in [2.75, 3.05) is 11.5 Å². The summed E-state index contributed by atoms with van der Waals surface area (Å²) in [5, 5.41) is 21.0. The molecular formula is C34H54F4O2S. The van der Waals surface area contributed by atoms with Gasteiger partial charge in [-0.25, -0.2) is 8.78 Å². The van der Waals surface area contributed by atoms with Crippen molar-refractivity contribution in [1.29, 1.82) is 0 Å². The Morgan fingerprint density at radius 2 is 1.59 bits per heavy atom. The van der Waals surface area contributed by atoms with Crippen LogP contribution in [0, 0.1) is 23.2 Å². The van der Waals surface area contributed by atoms with Crippen LogP contribution in [0.1, 0.15) is 128 Å². The second-order valence-electron chi connectivity index (χ2n) is 13.3. The van der Waals surface area contributed by atoms with Gasteiger partial charge < -0.3 is 10.2 Å². The molecule has 0 aromatic heterocycles. The largest absolute Gasteiger partial charge is 0.508 e. The number of phenolic OH excluding ortho intramolecular Hbond substituents is 1. The molecule has 0 spiro atoms. The SMILES string of the molecule is C.CC12CCC3c4ccc(O)cc4C[C@@H](CCCCCCCCCSCCCC(F)(F)C(C)(F)F)C3C1CCC2O. The van der Waals surface area contributed by atoms with Crippen LogP contribution in [0.25, 0.3) is 0 Å². The van der Waals surface area contributed by atoms with Crippen LogP contribution >= 0.6 is 11.8 Å². The average Bonchev–Trinajstić information content (AvgIpc) is 3.19. The van der Waals surface area contributed by atoms with E-state index >= 15 is 0 Å². The number of thioether (sulfide) groups is 1. The van der Waals surface area contributed by atoms with E-state index in [2.05, 4.69) is 13.0 Å². The molecule has 2 N–H and O–H groups in total. The maximum atomic E-state index is 13.3. The van der Waals surface area contributed by atoms with Crippen molar-refractivity contribution in [3.63, 3.8) is 0 Å². The van der Waals surface area contributed by atoms with E-state index in [1.54, 1.807) is 11.8 Å². The second-order valence-corrected chi connectivity index (χ2v) is 14.6. The summed E-state index contributed by atoms with van der Waals surface area (Å²) in [7, 11) is 0. The Kier molecular flexibility index (Phi) is 12.4. The Bertz CT molecular complexity index is 951. The van der Waals surface area contributed by atoms with Gasteiger partial charge in [0.05, 0.1) is 6.10 Å². The van der Waals surface area contributed by atoms with Gasteiger partial charge in [0, 0.05) is 13.3 Å². The fourth-order valence-corrected chi connectivity index (χ4v) is 9.20. The van der Waals surface area contributed by atoms with E-state index in [1.165, 1.54) is 49.7 Å². The minimum Gasteiger partial charge on any atom is -0.508 e. The van der Waals surface area contributed by atoms with Gasteiger partial charge in [0.25, 0.3) is 0 Å². The molecule has 5 unspecified atom stereocenters. The number of rotatable bonds is 15. The number of unbranched alkanes of at least 4 members (excludes halogenated alkanes) is 6. The van der Waals surface area contributed by atoms with Gasteiger partial charge >= 0.3 is 11.8 Å². The number of fused-ring (bicyclic) bond motifs is 5. The lowest BCUT2D eigenvalue weighted by Gasteiger charge is -2.53. The van der Waals surface area contributed by atoms with Crippen molar-refractivity contribution in [2.45, 2.75) is 141 Å². The molecule has 0 radical (unpaired) electrons. The highest BCUT2D eigenvalue weighted by atomic mass is 32.2. The van der Waals surface area contributed by atoms with E-state index in [4.69, 9.17) is 0 Å². The number of hydrogen-bond donors (Lipinski definition) is 2. The van der Waals surface area contributed by atoms with Gasteiger partial charge in [0.2, 0.25) is 0 Å². The number of phenols is 1. The molecule has 2 nitrogen and oxygen atoms in total. The number of aliphatic hydroxyl groups is 1. The van der Waals surface area contributed by atoms with Gasteiger partial charge in [0.15, 0.2) is 0 Å². The maximum Gasteiger partial charge on any atom is 0.309 e. The molecule has 6 atom stereocenters. The van der Waals surface area contributed by atoms with Crippen molar-refractivity contribution in [3.8, 4) is 5.75 Å². The predicted octanol–water partition coefficient (Wildman–Crippen LogP) is 10.4. The molecule has 2 fully saturated rings. The zero-order valence-electron chi connectivity index (χ0n) is 24.5. The summed E-state index contributed by atoms with van der Waals surface area (Å²) in [6.07, 6.45) is 14.0. The third-order valence-corrected chi connectivity index (χ3v) is 11.8. The molecule has 0 bridgehead atoms. The van der Waals surface area contributed by atoms with E-state index in [-0.39, 0.29) is 25.4 Å². The molecule has 1 aromatic carbocycles. The highest BCUT2D eigenvalue weighted by molar-refractivity contribution is 7.99. The van der Waals surface area contributed by atoms with Crippen molar-refractivity contribution in [3.05, 3.63) is 29.3 Å². The van der Waals surface area contributed by atoms with Crippen molar-refractivity contribution < 1.29 is 27.8 Å². The topological polar surface area (TPSA) is 40.5 Å². The number of hydrogen-bond acceptors (Lipinski definition) is 3. The summed E-state index contributed by atoms with van der Waals surface area (Å²) in [6.45, 7) is 2.63. The van der Waals surface area contributed by atoms with Gasteiger partial charge in [-0.15, -0.1) is 0 Å². The molecule has 0 heterocycles. The highest BCUT2D eigenvalue weighted by Gasteiger charge is 2.56. The summed E-state index contributed by atoms with van der Waals surface area (Å²) < 4.78 is 52.3. The number of halogens is 4. The van der Waals surface area contributed by atoms with Crippen molar-refractivity contribution >= 4 is 11.8 Å². The van der Waals surface area contributed by atoms with Gasteiger partial charge in [0.1, 0.15) is 5.75 Å². The first-order valence-electron chi connectivity index (χ1n) is 15.8. The van der Waals surface area contributed by atoms with Crippen LogP contribution in [0.2, 0.25) is 0 Å². The van der Waals surface area contributed by atoms with Gasteiger partial charge in [-0.05, 0) is 115 Å². The monoisotopic (exact) mass is 602 g/mol. The molecule has 41 heavy (non-hydrogen) atoms. The van der Waals surface area contributed by atoms with E-state index < -0.39 is 18.3 Å². The quantitative estimate of drug-likeness (QED) is 0.155. The number of aromatic hydroxyl groups is 1. The van der Waals surface area contributed by atoms with Crippen LogP contribution in [0.3, 0.4) is 0 Å². The molecule has 7 heteroatoms. The van der Waals surface area contributed by atoms with E-state index in [0.29, 0.717) is 42.1 Å². The van der Waals surface area contributed by atoms with E-state index in [1.807, 2.05) is 12.1 Å². The van der Waals surface area contributed by atoms with Crippen LogP contribution in [0.15, 0.2) is 18.2 Å². The molecule has 0 saturated heterocycles. The van der Waals surface area contributed by atoms with Gasteiger partial charge in [-0.2, -0.15) is 20.5 Å². The molecule has 3 aliphatic carbocycles. The first-order chi connectivity index (χ1) is 18.9. The first kappa shape index (κ1) is 34.5. The first-order valence-corrected chi connectivity index (χ1v) is 16.9. The maximum absolute atomic E-state index is 13.3. The van der Waals surface area contributed by atoms with Gasteiger partial charge in [-0.1, -0.05) is 58.9 Å². The highest BCUT2D eigenvalue weighted by Crippen LogP contribution is 2.62. The Hall–Kier alpha value is -0.950. The summed E-state index contributed by atoms with van der Waals surface area (Å²) in [4.78, 5) is 0. The van der Waals surface area contributed by atoms with Crippen LogP contribution < -0.4 is 0 Å². The second kappa shape index (κ2) is 14.7. The Morgan fingerprint density at radius 3 is 2.29 bits per heavy atom. The normalized spacial score (nSPS) is 29.4. The lowest BCUT2D eigenvalue weighted by atomic mass is 9.52.